The van der Waals surface area contributed by atoms with Crippen LogP contribution in [0.2, 0.25) is 0 Å². The summed E-state index contributed by atoms with van der Waals surface area (Å²) in [7, 11) is 0. The molecule has 3 nitrogen and oxygen atoms in total. The summed E-state index contributed by atoms with van der Waals surface area (Å²) in [6.45, 7) is 0. The molecular formula is C39H22N2O. The zero-order valence-corrected chi connectivity index (χ0v) is 22.5. The summed E-state index contributed by atoms with van der Waals surface area (Å²) in [5, 5.41) is 7.66. The molecule has 0 bridgehead atoms. The number of aromatic nitrogens is 2. The number of pyridine rings is 2. The number of nitrogens with zero attached hydrogens (tertiary/aromatic N) is 2. The molecule has 9 rings (SSSR count). The molecule has 0 amide bonds. The van der Waals surface area contributed by atoms with Crippen molar-refractivity contribution in [2.45, 2.75) is 0 Å². The van der Waals surface area contributed by atoms with Gasteiger partial charge in [0.2, 0.25) is 5.78 Å². The Labute approximate surface area is 241 Å². The second kappa shape index (κ2) is 8.66. The zero-order chi connectivity index (χ0) is 27.8. The van der Waals surface area contributed by atoms with E-state index >= 15 is 0 Å². The highest BCUT2D eigenvalue weighted by molar-refractivity contribution is 6.28. The molecule has 2 aromatic heterocycles. The number of carbonyl (C=O) groups is 1. The molecule has 0 radical (unpaired) electrons. The van der Waals surface area contributed by atoms with Gasteiger partial charge in [-0.2, -0.15) is 0 Å². The largest absolute Gasteiger partial charge is 0.287 e. The topological polar surface area (TPSA) is 42.9 Å². The van der Waals surface area contributed by atoms with Gasteiger partial charge in [0.15, 0.2) is 0 Å². The minimum atomic E-state index is -0.0546. The molecule has 0 unspecified atom stereocenters. The molecule has 0 saturated heterocycles. The second-order valence-corrected chi connectivity index (χ2v) is 11.0. The second-order valence-electron chi connectivity index (χ2n) is 11.0. The number of benzene rings is 6. The highest BCUT2D eigenvalue weighted by Crippen LogP contribution is 2.42. The molecule has 0 aliphatic heterocycles. The maximum absolute atomic E-state index is 13.9. The number of fused-ring (bicyclic) bond motifs is 6. The van der Waals surface area contributed by atoms with Crippen LogP contribution in [-0.4, -0.2) is 15.8 Å². The van der Waals surface area contributed by atoms with Crippen LogP contribution >= 0.6 is 0 Å². The average Bonchev–Trinajstić information content (AvgIpc) is 3.06. The van der Waals surface area contributed by atoms with E-state index in [-0.39, 0.29) is 5.78 Å². The molecule has 2 heterocycles. The van der Waals surface area contributed by atoms with Gasteiger partial charge in [-0.05, 0) is 91.6 Å². The summed E-state index contributed by atoms with van der Waals surface area (Å²) in [4.78, 5) is 23.6. The van der Waals surface area contributed by atoms with E-state index in [1.165, 1.54) is 21.5 Å². The van der Waals surface area contributed by atoms with Crippen LogP contribution in [0.5, 0.6) is 0 Å². The van der Waals surface area contributed by atoms with E-state index in [9.17, 15) is 4.79 Å². The molecular weight excluding hydrogens is 512 g/mol. The average molecular weight is 535 g/mol. The van der Waals surface area contributed by atoms with E-state index in [1.807, 2.05) is 30.5 Å². The van der Waals surface area contributed by atoms with Gasteiger partial charge in [-0.3, -0.25) is 9.78 Å². The molecule has 1 aliphatic carbocycles. The van der Waals surface area contributed by atoms with E-state index in [4.69, 9.17) is 9.97 Å². The van der Waals surface area contributed by atoms with E-state index < -0.39 is 0 Å². The van der Waals surface area contributed by atoms with Crippen molar-refractivity contribution in [1.29, 1.82) is 0 Å². The first-order valence-corrected chi connectivity index (χ1v) is 14.1. The molecule has 0 spiro atoms. The third-order valence-electron chi connectivity index (χ3n) is 8.61. The van der Waals surface area contributed by atoms with Gasteiger partial charge in [-0.15, -0.1) is 0 Å². The molecule has 0 saturated carbocycles. The van der Waals surface area contributed by atoms with Crippen molar-refractivity contribution in [3.05, 3.63) is 145 Å². The molecule has 42 heavy (non-hydrogen) atoms. The van der Waals surface area contributed by atoms with Crippen LogP contribution in [0.1, 0.15) is 16.1 Å². The summed E-state index contributed by atoms with van der Waals surface area (Å²) >= 11 is 0. The Morgan fingerprint density at radius 3 is 1.76 bits per heavy atom. The first-order valence-electron chi connectivity index (χ1n) is 14.1. The molecule has 194 valence electrons. The highest BCUT2D eigenvalue weighted by atomic mass is 16.1. The Balaban J connectivity index is 1.24. The van der Waals surface area contributed by atoms with Crippen molar-refractivity contribution in [1.82, 2.24) is 9.97 Å². The Morgan fingerprint density at radius 1 is 0.452 bits per heavy atom. The summed E-state index contributed by atoms with van der Waals surface area (Å²) < 4.78 is 0. The fourth-order valence-corrected chi connectivity index (χ4v) is 6.48. The van der Waals surface area contributed by atoms with Crippen molar-refractivity contribution >= 4 is 49.0 Å². The molecule has 1 aliphatic rings. The molecule has 0 N–H and O–H groups in total. The Kier molecular flexibility index (Phi) is 4.76. The lowest BCUT2D eigenvalue weighted by Gasteiger charge is -2.20. The third-order valence-corrected chi connectivity index (χ3v) is 8.61. The molecule has 0 fully saturated rings. The van der Waals surface area contributed by atoms with Crippen LogP contribution in [0.15, 0.2) is 134 Å². The first-order chi connectivity index (χ1) is 20.7. The van der Waals surface area contributed by atoms with Crippen LogP contribution in [0, 0.1) is 0 Å². The predicted molar refractivity (Wildman–Crippen MR) is 172 cm³/mol. The van der Waals surface area contributed by atoms with Gasteiger partial charge in [0.25, 0.3) is 0 Å². The fraction of sp³-hybridized carbons (Fsp3) is 0. The fourth-order valence-electron chi connectivity index (χ4n) is 6.48. The van der Waals surface area contributed by atoms with E-state index in [2.05, 4.69) is 103 Å². The molecule has 6 aromatic carbocycles. The van der Waals surface area contributed by atoms with Gasteiger partial charge in [-0.1, -0.05) is 84.9 Å². The molecule has 3 heteroatoms. The van der Waals surface area contributed by atoms with Crippen molar-refractivity contribution in [3.8, 4) is 33.5 Å². The smallest absolute Gasteiger partial charge is 0.212 e. The maximum Gasteiger partial charge on any atom is 0.212 e. The predicted octanol–water partition coefficient (Wildman–Crippen LogP) is 9.63. The lowest BCUT2D eigenvalue weighted by atomic mass is 9.85. The van der Waals surface area contributed by atoms with Crippen LogP contribution in [0.4, 0.5) is 0 Å². The summed E-state index contributed by atoms with van der Waals surface area (Å²) in [6.07, 6.45) is 1.85. The SMILES string of the molecule is O=C1c2ccc(-c3ccc4ccccc4c3)cc2-c2nccc3c2c1nc1ccc(-c2ccc4ccccc4c2)cc13. The standard InChI is InChI=1S/C39H22N2O/c42-39-32-15-13-29(27-11-9-23-5-1-3-7-25(23)19-27)22-34(32)37-36-31(17-18-40-37)33-21-30(14-16-35(33)41-38(36)39)28-12-10-24-6-2-4-8-26(24)20-28/h1-22H. The normalized spacial score (nSPS) is 12.3. The summed E-state index contributed by atoms with van der Waals surface area (Å²) in [5.74, 6) is -0.0546. The van der Waals surface area contributed by atoms with Gasteiger partial charge in [0, 0.05) is 28.1 Å². The van der Waals surface area contributed by atoms with E-state index in [1.54, 1.807) is 0 Å². The van der Waals surface area contributed by atoms with Crippen molar-refractivity contribution in [2.24, 2.45) is 0 Å². The van der Waals surface area contributed by atoms with Crippen LogP contribution < -0.4 is 0 Å². The maximum atomic E-state index is 13.9. The number of ketones is 1. The number of rotatable bonds is 2. The van der Waals surface area contributed by atoms with Gasteiger partial charge in [0.05, 0.1) is 11.2 Å². The minimum absolute atomic E-state index is 0.0546. The highest BCUT2D eigenvalue weighted by Gasteiger charge is 2.29. The van der Waals surface area contributed by atoms with Gasteiger partial charge in [0.1, 0.15) is 5.69 Å². The van der Waals surface area contributed by atoms with Crippen LogP contribution in [0.25, 0.3) is 76.7 Å². The summed E-state index contributed by atoms with van der Waals surface area (Å²) in [5.41, 5.74) is 8.03. The van der Waals surface area contributed by atoms with Crippen molar-refractivity contribution in [2.75, 3.05) is 0 Å². The number of hydrogen-bond donors (Lipinski definition) is 0. The Morgan fingerprint density at radius 2 is 1.05 bits per heavy atom. The Hall–Kier alpha value is -5.67. The van der Waals surface area contributed by atoms with Crippen molar-refractivity contribution in [3.63, 3.8) is 0 Å². The Bertz CT molecular complexity index is 2440. The zero-order valence-electron chi connectivity index (χ0n) is 22.5. The number of carbonyl (C=O) groups excluding carboxylic acids is 1. The van der Waals surface area contributed by atoms with E-state index in [0.29, 0.717) is 11.3 Å². The lowest BCUT2D eigenvalue weighted by Crippen LogP contribution is -2.13. The third kappa shape index (κ3) is 3.37. The van der Waals surface area contributed by atoms with Crippen LogP contribution in [-0.2, 0) is 0 Å². The molecule has 8 aromatic rings. The molecule has 0 atom stereocenters. The van der Waals surface area contributed by atoms with Crippen LogP contribution in [0.3, 0.4) is 0 Å². The van der Waals surface area contributed by atoms with Gasteiger partial charge >= 0.3 is 0 Å². The van der Waals surface area contributed by atoms with Crippen molar-refractivity contribution < 1.29 is 4.79 Å². The van der Waals surface area contributed by atoms with Gasteiger partial charge < -0.3 is 0 Å². The van der Waals surface area contributed by atoms with Gasteiger partial charge in [-0.25, -0.2) is 4.98 Å². The quantitative estimate of drug-likeness (QED) is 0.207. The minimum Gasteiger partial charge on any atom is -0.287 e. The van der Waals surface area contributed by atoms with E-state index in [0.717, 1.165) is 55.2 Å². The monoisotopic (exact) mass is 534 g/mol. The number of hydrogen-bond acceptors (Lipinski definition) is 3. The summed E-state index contributed by atoms with van der Waals surface area (Å²) in [6, 6.07) is 44.2. The first kappa shape index (κ1) is 23.1. The lowest BCUT2D eigenvalue weighted by molar-refractivity contribution is 0.103.